The van der Waals surface area contributed by atoms with Gasteiger partial charge in [0.05, 0.1) is 7.11 Å². The van der Waals surface area contributed by atoms with E-state index in [1.807, 2.05) is 25.1 Å². The Morgan fingerprint density at radius 1 is 1.38 bits per heavy atom. The number of amides is 1. The molecular formula is C18H29N3O3. The Morgan fingerprint density at radius 2 is 2.17 bits per heavy atom. The summed E-state index contributed by atoms with van der Waals surface area (Å²) in [5, 5.41) is 6.23. The summed E-state index contributed by atoms with van der Waals surface area (Å²) in [4.78, 5) is 13.9. The van der Waals surface area contributed by atoms with Crippen molar-refractivity contribution in [1.82, 2.24) is 15.5 Å². The molecule has 0 spiro atoms. The summed E-state index contributed by atoms with van der Waals surface area (Å²) >= 11 is 0. The van der Waals surface area contributed by atoms with Crippen LogP contribution in [0.25, 0.3) is 0 Å². The summed E-state index contributed by atoms with van der Waals surface area (Å²) < 4.78 is 11.0. The highest BCUT2D eigenvalue weighted by Crippen LogP contribution is 2.29. The molecule has 134 valence electrons. The number of ether oxygens (including phenoxy) is 2. The van der Waals surface area contributed by atoms with Gasteiger partial charge in [0.25, 0.3) is 5.91 Å². The standard InChI is InChI=1S/C18H29N3O3/c1-5-19-17(22)12-24-15-7-6-14(10-16(15)23-4)11-21-9-8-20-18(2,3)13-21/h6-7,10,20H,5,8-9,11-13H2,1-4H3,(H,19,22). The van der Waals surface area contributed by atoms with Gasteiger partial charge in [-0.1, -0.05) is 6.07 Å². The Hall–Kier alpha value is -1.79. The lowest BCUT2D eigenvalue weighted by atomic mass is 10.0. The molecule has 0 radical (unpaired) electrons. The summed E-state index contributed by atoms with van der Waals surface area (Å²) in [5.74, 6) is 1.12. The molecule has 0 aromatic heterocycles. The van der Waals surface area contributed by atoms with Crippen LogP contribution in [-0.4, -0.2) is 56.2 Å². The third kappa shape index (κ3) is 5.39. The maximum atomic E-state index is 11.5. The van der Waals surface area contributed by atoms with Crippen LogP contribution in [0.15, 0.2) is 18.2 Å². The van der Waals surface area contributed by atoms with Crippen molar-refractivity contribution in [2.24, 2.45) is 0 Å². The van der Waals surface area contributed by atoms with Gasteiger partial charge in [-0.3, -0.25) is 9.69 Å². The molecule has 0 atom stereocenters. The molecule has 1 saturated heterocycles. The molecule has 2 N–H and O–H groups in total. The zero-order chi connectivity index (χ0) is 17.6. The zero-order valence-electron chi connectivity index (χ0n) is 15.1. The van der Waals surface area contributed by atoms with E-state index in [4.69, 9.17) is 9.47 Å². The number of nitrogens with zero attached hydrogens (tertiary/aromatic N) is 1. The number of hydrogen-bond donors (Lipinski definition) is 2. The van der Waals surface area contributed by atoms with Crippen molar-refractivity contribution in [1.29, 1.82) is 0 Å². The van der Waals surface area contributed by atoms with Crippen molar-refractivity contribution < 1.29 is 14.3 Å². The number of piperazine rings is 1. The van der Waals surface area contributed by atoms with Gasteiger partial charge in [-0.25, -0.2) is 0 Å². The minimum absolute atomic E-state index is 0.00443. The van der Waals surface area contributed by atoms with Gasteiger partial charge >= 0.3 is 0 Å². The van der Waals surface area contributed by atoms with Crippen LogP contribution in [0.2, 0.25) is 0 Å². The number of rotatable bonds is 7. The van der Waals surface area contributed by atoms with Crippen LogP contribution in [0.4, 0.5) is 0 Å². The molecule has 1 aromatic carbocycles. The molecule has 0 unspecified atom stereocenters. The SMILES string of the molecule is CCNC(=O)COc1ccc(CN2CCNC(C)(C)C2)cc1OC. The van der Waals surface area contributed by atoms with Gasteiger partial charge in [0.1, 0.15) is 0 Å². The molecule has 1 aliphatic rings. The third-order valence-electron chi connectivity index (χ3n) is 4.02. The highest BCUT2D eigenvalue weighted by molar-refractivity contribution is 5.77. The molecular weight excluding hydrogens is 306 g/mol. The minimum atomic E-state index is -0.133. The van der Waals surface area contributed by atoms with Crippen molar-refractivity contribution >= 4 is 5.91 Å². The molecule has 1 aromatic rings. The van der Waals surface area contributed by atoms with Gasteiger partial charge in [0.15, 0.2) is 18.1 Å². The van der Waals surface area contributed by atoms with Crippen molar-refractivity contribution in [3.8, 4) is 11.5 Å². The van der Waals surface area contributed by atoms with Gasteiger partial charge in [0.2, 0.25) is 0 Å². The topological polar surface area (TPSA) is 62.8 Å². The van der Waals surface area contributed by atoms with E-state index in [0.717, 1.165) is 26.2 Å². The second kappa shape index (κ2) is 8.35. The Balaban J connectivity index is 1.99. The van der Waals surface area contributed by atoms with E-state index < -0.39 is 0 Å². The van der Waals surface area contributed by atoms with Crippen LogP contribution in [0, 0.1) is 0 Å². The molecule has 6 nitrogen and oxygen atoms in total. The van der Waals surface area contributed by atoms with Gasteiger partial charge in [-0.05, 0) is 38.5 Å². The van der Waals surface area contributed by atoms with Crippen LogP contribution < -0.4 is 20.1 Å². The molecule has 1 fully saturated rings. The minimum Gasteiger partial charge on any atom is -0.493 e. The van der Waals surface area contributed by atoms with Crippen LogP contribution in [-0.2, 0) is 11.3 Å². The van der Waals surface area contributed by atoms with E-state index in [2.05, 4.69) is 29.4 Å². The number of methoxy groups -OCH3 is 1. The van der Waals surface area contributed by atoms with Gasteiger partial charge in [0, 0.05) is 38.3 Å². The Bertz CT molecular complexity index is 560. The summed E-state index contributed by atoms with van der Waals surface area (Å²) in [7, 11) is 1.62. The van der Waals surface area contributed by atoms with Crippen LogP contribution >= 0.6 is 0 Å². The van der Waals surface area contributed by atoms with Gasteiger partial charge < -0.3 is 20.1 Å². The maximum Gasteiger partial charge on any atom is 0.257 e. The number of benzene rings is 1. The predicted molar refractivity (Wildman–Crippen MR) is 94.5 cm³/mol. The van der Waals surface area contributed by atoms with E-state index in [9.17, 15) is 4.79 Å². The second-order valence-electron chi connectivity index (χ2n) is 6.75. The first kappa shape index (κ1) is 18.5. The Kier molecular flexibility index (Phi) is 6.45. The second-order valence-corrected chi connectivity index (χ2v) is 6.75. The van der Waals surface area contributed by atoms with Crippen molar-refractivity contribution in [3.63, 3.8) is 0 Å². The van der Waals surface area contributed by atoms with E-state index in [0.29, 0.717) is 18.0 Å². The van der Waals surface area contributed by atoms with Gasteiger partial charge in [-0.2, -0.15) is 0 Å². The molecule has 2 rings (SSSR count). The largest absolute Gasteiger partial charge is 0.493 e. The first-order chi connectivity index (χ1) is 11.4. The highest BCUT2D eigenvalue weighted by atomic mass is 16.5. The summed E-state index contributed by atoms with van der Waals surface area (Å²) in [5.41, 5.74) is 1.31. The maximum absolute atomic E-state index is 11.5. The lowest BCUT2D eigenvalue weighted by Crippen LogP contribution is -2.56. The summed E-state index contributed by atoms with van der Waals surface area (Å²) in [6.07, 6.45) is 0. The number of likely N-dealkylation sites (N-methyl/N-ethyl adjacent to an activating group) is 1. The fourth-order valence-electron chi connectivity index (χ4n) is 2.96. The molecule has 0 bridgehead atoms. The van der Waals surface area contributed by atoms with Crippen molar-refractivity contribution in [2.45, 2.75) is 32.9 Å². The van der Waals surface area contributed by atoms with E-state index >= 15 is 0 Å². The Morgan fingerprint density at radius 3 is 2.83 bits per heavy atom. The van der Waals surface area contributed by atoms with Crippen LogP contribution in [0.1, 0.15) is 26.3 Å². The Labute approximate surface area is 144 Å². The molecule has 1 amide bonds. The van der Waals surface area contributed by atoms with Crippen molar-refractivity contribution in [2.75, 3.05) is 39.9 Å². The smallest absolute Gasteiger partial charge is 0.257 e. The average Bonchev–Trinajstić information content (AvgIpc) is 2.53. The summed E-state index contributed by atoms with van der Waals surface area (Å²) in [6.45, 7) is 10.8. The van der Waals surface area contributed by atoms with E-state index in [1.165, 1.54) is 5.56 Å². The van der Waals surface area contributed by atoms with Crippen LogP contribution in [0.5, 0.6) is 11.5 Å². The normalized spacial score (nSPS) is 17.3. The zero-order valence-corrected chi connectivity index (χ0v) is 15.1. The molecule has 0 saturated carbocycles. The average molecular weight is 335 g/mol. The lowest BCUT2D eigenvalue weighted by molar-refractivity contribution is -0.123. The lowest BCUT2D eigenvalue weighted by Gasteiger charge is -2.39. The predicted octanol–water partition coefficient (Wildman–Crippen LogP) is 1.39. The fourth-order valence-corrected chi connectivity index (χ4v) is 2.96. The number of carbonyl (C=O) groups is 1. The first-order valence-electron chi connectivity index (χ1n) is 8.47. The fraction of sp³-hybridized carbons (Fsp3) is 0.611. The van der Waals surface area contributed by atoms with Gasteiger partial charge in [-0.15, -0.1) is 0 Å². The molecule has 0 aliphatic carbocycles. The van der Waals surface area contributed by atoms with E-state index in [-0.39, 0.29) is 18.1 Å². The van der Waals surface area contributed by atoms with Crippen molar-refractivity contribution in [3.05, 3.63) is 23.8 Å². The third-order valence-corrected chi connectivity index (χ3v) is 4.02. The molecule has 24 heavy (non-hydrogen) atoms. The molecule has 1 aliphatic heterocycles. The molecule has 1 heterocycles. The van der Waals surface area contributed by atoms with E-state index in [1.54, 1.807) is 7.11 Å². The molecule has 6 heteroatoms. The summed E-state index contributed by atoms with van der Waals surface area (Å²) in [6, 6.07) is 5.90. The number of nitrogens with one attached hydrogen (secondary N) is 2. The quantitative estimate of drug-likeness (QED) is 0.788. The van der Waals surface area contributed by atoms with Crippen LogP contribution in [0.3, 0.4) is 0 Å². The number of carbonyl (C=O) groups excluding carboxylic acids is 1. The first-order valence-corrected chi connectivity index (χ1v) is 8.47. The highest BCUT2D eigenvalue weighted by Gasteiger charge is 2.25. The number of hydrogen-bond acceptors (Lipinski definition) is 5. The monoisotopic (exact) mass is 335 g/mol.